The molecule has 0 aromatic heterocycles. The molecule has 1 unspecified atom stereocenters. The smallest absolute Gasteiger partial charge is 0.329 e. The largest absolute Gasteiger partial charge is 0.480 e. The van der Waals surface area contributed by atoms with Crippen molar-refractivity contribution in [1.29, 1.82) is 0 Å². The van der Waals surface area contributed by atoms with Crippen molar-refractivity contribution < 1.29 is 24.2 Å². The molecule has 0 aromatic carbocycles. The van der Waals surface area contributed by atoms with E-state index in [1.54, 1.807) is 0 Å². The van der Waals surface area contributed by atoms with E-state index in [0.717, 1.165) is 12.8 Å². The van der Waals surface area contributed by atoms with Gasteiger partial charge in [-0.2, -0.15) is 0 Å². The lowest BCUT2D eigenvalue weighted by Crippen LogP contribution is -2.57. The minimum Gasteiger partial charge on any atom is -0.480 e. The first-order valence-corrected chi connectivity index (χ1v) is 6.36. The zero-order valence-corrected chi connectivity index (χ0v) is 10.3. The summed E-state index contributed by atoms with van der Waals surface area (Å²) in [5.74, 6) is -1.22. The van der Waals surface area contributed by atoms with Crippen molar-refractivity contribution in [3.8, 4) is 0 Å². The molecule has 2 fully saturated rings. The van der Waals surface area contributed by atoms with E-state index in [1.807, 2.05) is 0 Å². The van der Waals surface area contributed by atoms with E-state index < -0.39 is 11.5 Å². The Morgan fingerprint density at radius 3 is 2.56 bits per heavy atom. The maximum Gasteiger partial charge on any atom is 0.329 e. The second-order valence-corrected chi connectivity index (χ2v) is 4.89. The summed E-state index contributed by atoms with van der Waals surface area (Å²) in [6.45, 7) is 1.43. The molecule has 102 valence electrons. The second kappa shape index (κ2) is 5.67. The molecule has 2 aliphatic heterocycles. The van der Waals surface area contributed by atoms with Gasteiger partial charge in [0.05, 0.1) is 12.5 Å². The molecular formula is C12H19NO5. The molecule has 0 spiro atoms. The topological polar surface area (TPSA) is 84.9 Å². The molecule has 2 rings (SSSR count). The van der Waals surface area contributed by atoms with Crippen LogP contribution in [-0.2, 0) is 19.1 Å². The quantitative estimate of drug-likeness (QED) is 0.757. The molecule has 0 radical (unpaired) electrons. The monoisotopic (exact) mass is 257 g/mol. The number of carboxylic acids is 1. The zero-order valence-electron chi connectivity index (χ0n) is 10.3. The van der Waals surface area contributed by atoms with E-state index in [-0.39, 0.29) is 18.4 Å². The Labute approximate surface area is 106 Å². The first kappa shape index (κ1) is 13.3. The Balaban J connectivity index is 1.91. The van der Waals surface area contributed by atoms with Gasteiger partial charge in [0, 0.05) is 32.7 Å². The van der Waals surface area contributed by atoms with E-state index in [4.69, 9.17) is 9.47 Å². The van der Waals surface area contributed by atoms with Crippen molar-refractivity contribution in [2.24, 2.45) is 0 Å². The number of carboxylic acid groups (broad SMARTS) is 1. The van der Waals surface area contributed by atoms with Crippen LogP contribution in [0.3, 0.4) is 0 Å². The number of carbonyl (C=O) groups excluding carboxylic acids is 1. The molecule has 0 aliphatic carbocycles. The van der Waals surface area contributed by atoms with Crippen LogP contribution in [0, 0.1) is 0 Å². The van der Waals surface area contributed by atoms with Crippen molar-refractivity contribution >= 4 is 11.9 Å². The minimum atomic E-state index is -1.16. The number of amides is 1. The molecule has 2 aliphatic rings. The van der Waals surface area contributed by atoms with E-state index >= 15 is 0 Å². The molecule has 1 atom stereocenters. The Hall–Kier alpha value is -1.14. The highest BCUT2D eigenvalue weighted by Gasteiger charge is 2.41. The van der Waals surface area contributed by atoms with Gasteiger partial charge >= 0.3 is 5.97 Å². The van der Waals surface area contributed by atoms with Crippen LogP contribution in [0.4, 0.5) is 0 Å². The fourth-order valence-electron chi connectivity index (χ4n) is 2.44. The third-order valence-corrected chi connectivity index (χ3v) is 3.57. The first-order valence-electron chi connectivity index (χ1n) is 6.36. The molecular weight excluding hydrogens is 238 g/mol. The van der Waals surface area contributed by atoms with E-state index in [2.05, 4.69) is 5.32 Å². The SMILES string of the molecule is O=C(CC1CCCO1)NC1(C(=O)O)CCOCC1. The Kier molecular flexibility index (Phi) is 4.19. The molecule has 0 aromatic rings. The van der Waals surface area contributed by atoms with Gasteiger partial charge in [0.2, 0.25) is 5.91 Å². The predicted molar refractivity (Wildman–Crippen MR) is 62.2 cm³/mol. The number of rotatable bonds is 4. The number of aliphatic carboxylic acids is 1. The lowest BCUT2D eigenvalue weighted by atomic mass is 9.90. The maximum atomic E-state index is 11.9. The average molecular weight is 257 g/mol. The minimum absolute atomic E-state index is 0.0596. The Bertz CT molecular complexity index is 318. The van der Waals surface area contributed by atoms with Crippen LogP contribution in [0.1, 0.15) is 32.1 Å². The van der Waals surface area contributed by atoms with Crippen LogP contribution >= 0.6 is 0 Å². The van der Waals surface area contributed by atoms with Gasteiger partial charge in [-0.1, -0.05) is 0 Å². The molecule has 2 N–H and O–H groups in total. The summed E-state index contributed by atoms with van der Waals surface area (Å²) in [7, 11) is 0. The van der Waals surface area contributed by atoms with Crippen LogP contribution in [0.2, 0.25) is 0 Å². The van der Waals surface area contributed by atoms with Crippen molar-refractivity contribution in [1.82, 2.24) is 5.32 Å². The van der Waals surface area contributed by atoms with Gasteiger partial charge in [0.15, 0.2) is 0 Å². The summed E-state index contributed by atoms with van der Waals surface area (Å²) in [5.41, 5.74) is -1.16. The lowest BCUT2D eigenvalue weighted by molar-refractivity contribution is -0.152. The fourth-order valence-corrected chi connectivity index (χ4v) is 2.44. The molecule has 6 nitrogen and oxygen atoms in total. The molecule has 1 amide bonds. The summed E-state index contributed by atoms with van der Waals surface area (Å²) in [6, 6.07) is 0. The summed E-state index contributed by atoms with van der Waals surface area (Å²) >= 11 is 0. The molecule has 6 heteroatoms. The van der Waals surface area contributed by atoms with Crippen LogP contribution in [0.15, 0.2) is 0 Å². The van der Waals surface area contributed by atoms with Crippen molar-refractivity contribution in [2.75, 3.05) is 19.8 Å². The van der Waals surface area contributed by atoms with E-state index in [1.165, 1.54) is 0 Å². The van der Waals surface area contributed by atoms with Gasteiger partial charge in [-0.15, -0.1) is 0 Å². The number of nitrogens with one attached hydrogen (secondary N) is 1. The molecule has 2 heterocycles. The zero-order chi connectivity index (χ0) is 13.0. The van der Waals surface area contributed by atoms with Crippen molar-refractivity contribution in [3.05, 3.63) is 0 Å². The second-order valence-electron chi connectivity index (χ2n) is 4.89. The normalized spacial score (nSPS) is 26.8. The summed E-state index contributed by atoms with van der Waals surface area (Å²) in [5, 5.41) is 12.0. The fraction of sp³-hybridized carbons (Fsp3) is 0.833. The first-order chi connectivity index (χ1) is 8.62. The highest BCUT2D eigenvalue weighted by molar-refractivity contribution is 5.87. The average Bonchev–Trinajstić information content (AvgIpc) is 2.82. The van der Waals surface area contributed by atoms with Gasteiger partial charge in [0.25, 0.3) is 0 Å². The summed E-state index contributed by atoms with van der Waals surface area (Å²) in [4.78, 5) is 23.2. The van der Waals surface area contributed by atoms with Crippen LogP contribution < -0.4 is 5.32 Å². The van der Waals surface area contributed by atoms with Crippen molar-refractivity contribution in [3.63, 3.8) is 0 Å². The summed E-state index contributed by atoms with van der Waals surface area (Å²) in [6.07, 6.45) is 2.66. The predicted octanol–water partition coefficient (Wildman–Crippen LogP) is 0.305. The third-order valence-electron chi connectivity index (χ3n) is 3.57. The standard InChI is InChI=1S/C12H19NO5/c14-10(8-9-2-1-5-18-9)13-12(11(15)16)3-6-17-7-4-12/h9H,1-8H2,(H,13,14)(H,15,16). The summed E-state index contributed by atoms with van der Waals surface area (Å²) < 4.78 is 10.5. The highest BCUT2D eigenvalue weighted by atomic mass is 16.5. The molecule has 18 heavy (non-hydrogen) atoms. The maximum absolute atomic E-state index is 11.9. The van der Waals surface area contributed by atoms with Crippen molar-refractivity contribution in [2.45, 2.75) is 43.7 Å². The van der Waals surface area contributed by atoms with Gasteiger partial charge in [-0.3, -0.25) is 4.79 Å². The molecule has 0 saturated carbocycles. The van der Waals surface area contributed by atoms with Gasteiger partial charge < -0.3 is 19.9 Å². The Morgan fingerprint density at radius 1 is 1.28 bits per heavy atom. The molecule has 0 bridgehead atoms. The van der Waals surface area contributed by atoms with Gasteiger partial charge in [-0.05, 0) is 12.8 Å². The van der Waals surface area contributed by atoms with Crippen LogP contribution in [-0.4, -0.2) is 48.4 Å². The number of hydrogen-bond donors (Lipinski definition) is 2. The van der Waals surface area contributed by atoms with E-state index in [9.17, 15) is 14.7 Å². The number of ether oxygens (including phenoxy) is 2. The lowest BCUT2D eigenvalue weighted by Gasteiger charge is -2.34. The van der Waals surface area contributed by atoms with Crippen LogP contribution in [0.25, 0.3) is 0 Å². The number of hydrogen-bond acceptors (Lipinski definition) is 4. The Morgan fingerprint density at radius 2 is 2.00 bits per heavy atom. The third kappa shape index (κ3) is 3.00. The van der Waals surface area contributed by atoms with Crippen LogP contribution in [0.5, 0.6) is 0 Å². The molecule has 2 saturated heterocycles. The highest BCUT2D eigenvalue weighted by Crippen LogP contribution is 2.22. The van der Waals surface area contributed by atoms with E-state index in [0.29, 0.717) is 32.7 Å². The van der Waals surface area contributed by atoms with Gasteiger partial charge in [0.1, 0.15) is 5.54 Å². The van der Waals surface area contributed by atoms with Gasteiger partial charge in [-0.25, -0.2) is 4.79 Å². The number of carbonyl (C=O) groups is 2.